The number of hydrogen-bond acceptors (Lipinski definition) is 3. The minimum Gasteiger partial charge on any atom is -0.519 e. The molecule has 0 amide bonds. The lowest BCUT2D eigenvalue weighted by molar-refractivity contribution is -0.137. The van der Waals surface area contributed by atoms with Gasteiger partial charge in [-0.05, 0) is 25.1 Å². The molecule has 3 N–H and O–H groups in total. The fourth-order valence-electron chi connectivity index (χ4n) is 2.45. The Morgan fingerprint density at radius 2 is 1.43 bits per heavy atom. The average molecular weight is 315 g/mol. The maximum absolute atomic E-state index is 12.3. The predicted octanol–water partition coefficient (Wildman–Crippen LogP) is 4.45. The van der Waals surface area contributed by atoms with Gasteiger partial charge in [0.05, 0.1) is 0 Å². The molecule has 0 bridgehead atoms. The maximum Gasteiger partial charge on any atom is 0.302 e. The first-order chi connectivity index (χ1) is 9.92. The highest BCUT2D eigenvalue weighted by Gasteiger charge is 2.38. The van der Waals surface area contributed by atoms with Crippen LogP contribution in [-0.4, -0.2) is 20.1 Å². The Labute approximate surface area is 131 Å². The summed E-state index contributed by atoms with van der Waals surface area (Å²) in [6.07, 6.45) is 6.77. The van der Waals surface area contributed by atoms with Crippen LogP contribution < -0.4 is 5.73 Å². The Hall–Kier alpha value is -0.843. The second-order valence-electron chi connectivity index (χ2n) is 6.09. The fraction of sp³-hybridized carbons (Fsp3) is 0.875. The van der Waals surface area contributed by atoms with E-state index in [0.29, 0.717) is 0 Å². The summed E-state index contributed by atoms with van der Waals surface area (Å²) in [6.45, 7) is 8.21. The van der Waals surface area contributed by atoms with E-state index in [4.69, 9.17) is 15.6 Å². The van der Waals surface area contributed by atoms with Gasteiger partial charge in [-0.1, -0.05) is 59.3 Å². The van der Waals surface area contributed by atoms with Gasteiger partial charge in [0.15, 0.2) is 0 Å². The van der Waals surface area contributed by atoms with Crippen LogP contribution in [0, 0.1) is 11.3 Å². The first kappa shape index (κ1) is 20.2. The Balaban J connectivity index is 5.01. The fourth-order valence-corrected chi connectivity index (χ4v) is 7.11. The van der Waals surface area contributed by atoms with Gasteiger partial charge in [0.2, 0.25) is 0 Å². The molecular formula is C16H34N2O2Si. The van der Waals surface area contributed by atoms with Crippen LogP contribution in [0.2, 0.25) is 18.1 Å². The lowest BCUT2D eigenvalue weighted by Crippen LogP contribution is -2.43. The summed E-state index contributed by atoms with van der Waals surface area (Å²) in [5.41, 5.74) is 5.45. The first-order valence-electron chi connectivity index (χ1n) is 8.49. The zero-order valence-corrected chi connectivity index (χ0v) is 15.3. The summed E-state index contributed by atoms with van der Waals surface area (Å²) in [7, 11) is -2.03. The second-order valence-corrected chi connectivity index (χ2v) is 10.2. The van der Waals surface area contributed by atoms with E-state index in [1.807, 2.05) is 0 Å². The van der Waals surface area contributed by atoms with Crippen molar-refractivity contribution in [1.29, 1.82) is 5.41 Å². The summed E-state index contributed by atoms with van der Waals surface area (Å²) in [6, 6.07) is 3.17. The van der Waals surface area contributed by atoms with E-state index in [1.165, 1.54) is 0 Å². The van der Waals surface area contributed by atoms with Crippen molar-refractivity contribution in [3.8, 4) is 0 Å². The van der Waals surface area contributed by atoms with Crippen molar-refractivity contribution >= 4 is 20.1 Å². The van der Waals surface area contributed by atoms with Gasteiger partial charge in [0.25, 0.3) is 8.32 Å². The number of amidine groups is 1. The summed E-state index contributed by atoms with van der Waals surface area (Å²) in [5, 5.41) is 7.45. The molecule has 124 valence electrons. The van der Waals surface area contributed by atoms with Crippen LogP contribution in [0.1, 0.15) is 66.2 Å². The summed E-state index contributed by atoms with van der Waals surface area (Å²) >= 11 is 0. The van der Waals surface area contributed by atoms with E-state index in [1.54, 1.807) is 6.92 Å². The zero-order valence-electron chi connectivity index (χ0n) is 14.3. The molecule has 0 aliphatic rings. The van der Waals surface area contributed by atoms with Gasteiger partial charge in [0, 0.05) is 0 Å². The van der Waals surface area contributed by atoms with E-state index < -0.39 is 14.2 Å². The molecule has 0 rings (SSSR count). The summed E-state index contributed by atoms with van der Waals surface area (Å²) in [5.74, 6) is -0.983. The van der Waals surface area contributed by atoms with E-state index in [2.05, 4.69) is 20.8 Å². The molecule has 0 aromatic carbocycles. The summed E-state index contributed by atoms with van der Waals surface area (Å²) < 4.78 is 6.05. The van der Waals surface area contributed by atoms with Crippen molar-refractivity contribution < 1.29 is 9.22 Å². The normalized spacial score (nSPS) is 13.0. The van der Waals surface area contributed by atoms with Crippen LogP contribution in [0.3, 0.4) is 0 Å². The second kappa shape index (κ2) is 10.8. The number of rotatable bonds is 12. The van der Waals surface area contributed by atoms with Crippen molar-refractivity contribution in [3.05, 3.63) is 0 Å². The number of unbranched alkanes of at least 4 members (excludes halogenated alkanes) is 3. The van der Waals surface area contributed by atoms with Gasteiger partial charge >= 0.3 is 5.97 Å². The first-order valence-corrected chi connectivity index (χ1v) is 11.0. The molecular weight excluding hydrogens is 280 g/mol. The molecule has 1 unspecified atom stereocenters. The van der Waals surface area contributed by atoms with Gasteiger partial charge in [-0.15, -0.1) is 0 Å². The van der Waals surface area contributed by atoms with E-state index in [0.717, 1.165) is 56.7 Å². The third-order valence-electron chi connectivity index (χ3n) is 4.09. The molecule has 0 aliphatic heterocycles. The highest BCUT2D eigenvalue weighted by molar-refractivity contribution is 6.75. The van der Waals surface area contributed by atoms with E-state index in [9.17, 15) is 4.79 Å². The van der Waals surface area contributed by atoms with Crippen molar-refractivity contribution in [3.63, 3.8) is 0 Å². The Morgan fingerprint density at radius 3 is 1.71 bits per heavy atom. The third kappa shape index (κ3) is 7.65. The van der Waals surface area contributed by atoms with E-state index in [-0.39, 0.29) is 11.8 Å². The van der Waals surface area contributed by atoms with Crippen LogP contribution in [-0.2, 0) is 9.22 Å². The molecule has 0 spiro atoms. The molecule has 21 heavy (non-hydrogen) atoms. The number of carbonyl (C=O) groups excluding carboxylic acids is 1. The average Bonchev–Trinajstić information content (AvgIpc) is 2.47. The minimum atomic E-state index is -2.03. The van der Waals surface area contributed by atoms with Crippen molar-refractivity contribution in [2.45, 2.75) is 84.4 Å². The third-order valence-corrected chi connectivity index (χ3v) is 8.52. The van der Waals surface area contributed by atoms with Gasteiger partial charge in [0.1, 0.15) is 11.8 Å². The van der Waals surface area contributed by atoms with Crippen molar-refractivity contribution in [2.75, 3.05) is 0 Å². The van der Waals surface area contributed by atoms with Crippen LogP contribution >= 0.6 is 0 Å². The topological polar surface area (TPSA) is 76.2 Å². The standard InChI is InChI=1S/C16H34N2O2Si/c1-5-8-11-21(12-9-6-2,13-10-7-3)20-16(19)14(4)15(17)18/h14H,5-13H2,1-4H3,(H3,17,18). The molecule has 0 saturated heterocycles. The molecule has 4 nitrogen and oxygen atoms in total. The molecule has 0 saturated carbocycles. The van der Waals surface area contributed by atoms with Crippen LogP contribution in [0.5, 0.6) is 0 Å². The zero-order chi connectivity index (χ0) is 16.3. The van der Waals surface area contributed by atoms with Crippen molar-refractivity contribution in [1.82, 2.24) is 0 Å². The van der Waals surface area contributed by atoms with Gasteiger partial charge in [-0.25, -0.2) is 0 Å². The van der Waals surface area contributed by atoms with Crippen LogP contribution in [0.25, 0.3) is 0 Å². The van der Waals surface area contributed by atoms with Gasteiger partial charge < -0.3 is 10.2 Å². The lowest BCUT2D eigenvalue weighted by Gasteiger charge is -2.32. The van der Waals surface area contributed by atoms with Crippen LogP contribution in [0.4, 0.5) is 0 Å². The Morgan fingerprint density at radius 1 is 1.05 bits per heavy atom. The Kier molecular flexibility index (Phi) is 10.4. The Bertz CT molecular complexity index is 300. The lowest BCUT2D eigenvalue weighted by atomic mass is 10.2. The van der Waals surface area contributed by atoms with Crippen molar-refractivity contribution in [2.24, 2.45) is 11.7 Å². The van der Waals surface area contributed by atoms with Gasteiger partial charge in [-0.2, -0.15) is 0 Å². The molecule has 0 fully saturated rings. The molecule has 0 aromatic heterocycles. The summed E-state index contributed by atoms with van der Waals surface area (Å²) in [4.78, 5) is 12.3. The molecule has 1 atom stereocenters. The largest absolute Gasteiger partial charge is 0.519 e. The van der Waals surface area contributed by atoms with Gasteiger partial charge in [-0.3, -0.25) is 10.2 Å². The quantitative estimate of drug-likeness (QED) is 0.317. The minimum absolute atomic E-state index is 0.0932. The van der Waals surface area contributed by atoms with E-state index >= 15 is 0 Å². The maximum atomic E-state index is 12.3. The molecule has 5 heteroatoms. The predicted molar refractivity (Wildman–Crippen MR) is 92.1 cm³/mol. The number of carbonyl (C=O) groups is 1. The smallest absolute Gasteiger partial charge is 0.302 e. The molecule has 0 aromatic rings. The molecule has 0 radical (unpaired) electrons. The number of nitrogens with one attached hydrogen (secondary N) is 1. The highest BCUT2D eigenvalue weighted by Crippen LogP contribution is 2.30. The highest BCUT2D eigenvalue weighted by atomic mass is 28.4. The monoisotopic (exact) mass is 314 g/mol. The number of hydrogen-bond donors (Lipinski definition) is 2. The molecule has 0 heterocycles. The number of nitrogens with two attached hydrogens (primary N) is 1. The molecule has 0 aliphatic carbocycles. The SMILES string of the molecule is CCCC[Si](CCCC)(CCCC)OC(=O)C(C)C(=N)N. The van der Waals surface area contributed by atoms with Crippen LogP contribution in [0.15, 0.2) is 0 Å².